The van der Waals surface area contributed by atoms with Crippen LogP contribution in [0.5, 0.6) is 0 Å². The summed E-state index contributed by atoms with van der Waals surface area (Å²) in [5.74, 6) is 0.0595. The Labute approximate surface area is 175 Å². The van der Waals surface area contributed by atoms with E-state index in [4.69, 9.17) is 0 Å². The number of carbonyl (C=O) groups excluding carboxylic acids is 1. The zero-order valence-corrected chi connectivity index (χ0v) is 17.8. The second-order valence-corrected chi connectivity index (χ2v) is 8.46. The molecule has 0 spiro atoms. The number of aryl methyl sites for hydroxylation is 3. The number of fused-ring (bicyclic) bond motifs is 1. The van der Waals surface area contributed by atoms with Gasteiger partial charge in [-0.3, -0.25) is 10.1 Å². The van der Waals surface area contributed by atoms with Gasteiger partial charge in [-0.25, -0.2) is 14.6 Å². The minimum Gasteiger partial charge on any atom is -0.300 e. The molecule has 1 aromatic carbocycles. The highest BCUT2D eigenvalue weighted by molar-refractivity contribution is 8.00. The van der Waals surface area contributed by atoms with Crippen molar-refractivity contribution in [3.8, 4) is 5.69 Å². The Hall–Kier alpha value is -2.85. The highest BCUT2D eigenvalue weighted by Crippen LogP contribution is 2.26. The summed E-state index contributed by atoms with van der Waals surface area (Å²) in [7, 11) is 0. The maximum absolute atomic E-state index is 12.3. The highest BCUT2D eigenvalue weighted by Gasteiger charge is 2.14. The number of carbonyl (C=O) groups is 1. The Bertz CT molecular complexity index is 1180. The van der Waals surface area contributed by atoms with E-state index in [1.807, 2.05) is 13.0 Å². The van der Waals surface area contributed by atoms with Crippen LogP contribution in [0.1, 0.15) is 23.1 Å². The molecule has 1 N–H and O–H groups in total. The molecular weight excluding hydrogens is 406 g/mol. The normalized spacial score (nSPS) is 11.1. The van der Waals surface area contributed by atoms with Crippen LogP contribution < -0.4 is 5.32 Å². The smallest absolute Gasteiger partial charge is 0.236 e. The zero-order valence-electron chi connectivity index (χ0n) is 16.2. The molecule has 10 heteroatoms. The fourth-order valence-corrected chi connectivity index (χ4v) is 4.18. The summed E-state index contributed by atoms with van der Waals surface area (Å²) in [6.45, 7) is 6.15. The van der Waals surface area contributed by atoms with Gasteiger partial charge in [-0.1, -0.05) is 36.1 Å². The molecule has 8 nitrogen and oxygen atoms in total. The van der Waals surface area contributed by atoms with E-state index < -0.39 is 0 Å². The predicted octanol–water partition coefficient (Wildman–Crippen LogP) is 3.58. The Kier molecular flexibility index (Phi) is 5.54. The van der Waals surface area contributed by atoms with Crippen LogP contribution in [-0.2, 0) is 11.2 Å². The first kappa shape index (κ1) is 19.5. The van der Waals surface area contributed by atoms with Crippen LogP contribution in [0.3, 0.4) is 0 Å². The number of amides is 1. The van der Waals surface area contributed by atoms with Crippen LogP contribution >= 0.6 is 23.1 Å². The number of aromatic nitrogens is 6. The molecule has 0 saturated carbocycles. The maximum Gasteiger partial charge on any atom is 0.236 e. The third kappa shape index (κ3) is 4.13. The van der Waals surface area contributed by atoms with E-state index in [9.17, 15) is 4.79 Å². The number of hydrogen-bond donors (Lipinski definition) is 1. The van der Waals surface area contributed by atoms with Gasteiger partial charge < -0.3 is 0 Å². The minimum atomic E-state index is -0.151. The van der Waals surface area contributed by atoms with Gasteiger partial charge in [-0.15, -0.1) is 10.2 Å². The number of rotatable bonds is 6. The fourth-order valence-electron chi connectivity index (χ4n) is 2.72. The Morgan fingerprint density at radius 2 is 2.07 bits per heavy atom. The standard InChI is InChI=1S/C19H19N7OS2/c1-4-16-24-25-19(29-16)23-15(27)9-28-18-14-8-22-26(17(14)20-10-21-18)13-6-5-11(2)12(3)7-13/h5-8,10H,4,9H2,1-3H3,(H,23,25,27). The van der Waals surface area contributed by atoms with E-state index in [2.05, 4.69) is 56.6 Å². The lowest BCUT2D eigenvalue weighted by Gasteiger charge is -2.07. The number of nitrogens with one attached hydrogen (secondary N) is 1. The van der Waals surface area contributed by atoms with Gasteiger partial charge in [0.25, 0.3) is 0 Å². The fraction of sp³-hybridized carbons (Fsp3) is 0.263. The lowest BCUT2D eigenvalue weighted by molar-refractivity contribution is -0.113. The molecular formula is C19H19N7OS2. The minimum absolute atomic E-state index is 0.151. The number of thioether (sulfide) groups is 1. The molecule has 0 atom stereocenters. The second kappa shape index (κ2) is 8.26. The van der Waals surface area contributed by atoms with E-state index in [0.29, 0.717) is 15.8 Å². The van der Waals surface area contributed by atoms with Crippen molar-refractivity contribution in [2.45, 2.75) is 32.2 Å². The number of benzene rings is 1. The van der Waals surface area contributed by atoms with Crippen LogP contribution in [0, 0.1) is 13.8 Å². The van der Waals surface area contributed by atoms with Gasteiger partial charge in [0.2, 0.25) is 11.0 Å². The predicted molar refractivity (Wildman–Crippen MR) is 115 cm³/mol. The Morgan fingerprint density at radius 1 is 1.21 bits per heavy atom. The van der Waals surface area contributed by atoms with Gasteiger partial charge >= 0.3 is 0 Å². The summed E-state index contributed by atoms with van der Waals surface area (Å²) in [6.07, 6.45) is 4.04. The SMILES string of the molecule is CCc1nnc(NC(=O)CSc2ncnc3c2cnn3-c2ccc(C)c(C)c2)s1. The molecule has 0 radical (unpaired) electrons. The summed E-state index contributed by atoms with van der Waals surface area (Å²) in [4.78, 5) is 21.0. The first-order valence-electron chi connectivity index (χ1n) is 9.06. The molecule has 0 bridgehead atoms. The van der Waals surface area contributed by atoms with Crippen molar-refractivity contribution in [1.29, 1.82) is 0 Å². The van der Waals surface area contributed by atoms with Gasteiger partial charge in [0, 0.05) is 0 Å². The molecule has 0 aliphatic rings. The van der Waals surface area contributed by atoms with E-state index in [1.165, 1.54) is 40.6 Å². The molecule has 4 aromatic rings. The van der Waals surface area contributed by atoms with Crippen molar-refractivity contribution in [3.05, 3.63) is 46.9 Å². The third-order valence-electron chi connectivity index (χ3n) is 4.42. The largest absolute Gasteiger partial charge is 0.300 e. The first-order chi connectivity index (χ1) is 14.0. The molecule has 0 aliphatic carbocycles. The van der Waals surface area contributed by atoms with Crippen molar-refractivity contribution >= 4 is 45.2 Å². The molecule has 0 unspecified atom stereocenters. The molecule has 3 aromatic heterocycles. The van der Waals surface area contributed by atoms with Gasteiger partial charge in [0.15, 0.2) is 5.65 Å². The molecule has 1 amide bonds. The topological polar surface area (TPSA) is 98.5 Å². The quantitative estimate of drug-likeness (QED) is 0.372. The summed E-state index contributed by atoms with van der Waals surface area (Å²) in [5.41, 5.74) is 4.07. The van der Waals surface area contributed by atoms with Gasteiger partial charge in [-0.05, 0) is 43.5 Å². The summed E-state index contributed by atoms with van der Waals surface area (Å²) in [6, 6.07) is 6.16. The van der Waals surface area contributed by atoms with Crippen LogP contribution in [0.15, 0.2) is 35.7 Å². The summed E-state index contributed by atoms with van der Waals surface area (Å²) >= 11 is 2.73. The number of anilines is 1. The van der Waals surface area contributed by atoms with E-state index >= 15 is 0 Å². The third-order valence-corrected chi connectivity index (χ3v) is 6.41. The first-order valence-corrected chi connectivity index (χ1v) is 10.9. The number of hydrogen-bond acceptors (Lipinski definition) is 8. The van der Waals surface area contributed by atoms with E-state index in [0.717, 1.165) is 22.5 Å². The zero-order chi connectivity index (χ0) is 20.4. The molecule has 0 aliphatic heterocycles. The lowest BCUT2D eigenvalue weighted by atomic mass is 10.1. The van der Waals surface area contributed by atoms with Crippen molar-refractivity contribution in [2.75, 3.05) is 11.1 Å². The Morgan fingerprint density at radius 3 is 2.83 bits per heavy atom. The molecule has 0 saturated heterocycles. The van der Waals surface area contributed by atoms with Crippen LogP contribution in [0.2, 0.25) is 0 Å². The number of nitrogens with zero attached hydrogens (tertiary/aromatic N) is 6. The van der Waals surface area contributed by atoms with Crippen molar-refractivity contribution in [2.24, 2.45) is 0 Å². The lowest BCUT2D eigenvalue weighted by Crippen LogP contribution is -2.14. The van der Waals surface area contributed by atoms with E-state index in [-0.39, 0.29) is 11.7 Å². The monoisotopic (exact) mass is 425 g/mol. The maximum atomic E-state index is 12.3. The Balaban J connectivity index is 1.52. The van der Waals surface area contributed by atoms with Crippen LogP contribution in [0.25, 0.3) is 16.7 Å². The molecule has 148 valence electrons. The van der Waals surface area contributed by atoms with E-state index in [1.54, 1.807) is 10.9 Å². The van der Waals surface area contributed by atoms with Crippen molar-refractivity contribution in [1.82, 2.24) is 29.9 Å². The van der Waals surface area contributed by atoms with Crippen molar-refractivity contribution in [3.63, 3.8) is 0 Å². The van der Waals surface area contributed by atoms with Crippen molar-refractivity contribution < 1.29 is 4.79 Å². The van der Waals surface area contributed by atoms with Gasteiger partial charge in [-0.2, -0.15) is 5.10 Å². The average Bonchev–Trinajstić information content (AvgIpc) is 3.35. The van der Waals surface area contributed by atoms with Crippen LogP contribution in [0.4, 0.5) is 5.13 Å². The van der Waals surface area contributed by atoms with Gasteiger partial charge in [0.05, 0.1) is 23.0 Å². The highest BCUT2D eigenvalue weighted by atomic mass is 32.2. The molecule has 3 heterocycles. The molecule has 0 fully saturated rings. The average molecular weight is 426 g/mol. The summed E-state index contributed by atoms with van der Waals surface area (Å²) < 4.78 is 1.79. The summed E-state index contributed by atoms with van der Waals surface area (Å²) in [5, 5.41) is 18.2. The molecule has 4 rings (SSSR count). The molecule has 29 heavy (non-hydrogen) atoms. The van der Waals surface area contributed by atoms with Gasteiger partial charge in [0.1, 0.15) is 16.4 Å². The second-order valence-electron chi connectivity index (χ2n) is 6.43. The van der Waals surface area contributed by atoms with Crippen LogP contribution in [-0.4, -0.2) is 41.6 Å².